The molecule has 3 rings (SSSR count). The number of anilines is 1. The van der Waals surface area contributed by atoms with Crippen molar-refractivity contribution in [3.8, 4) is 0 Å². The van der Waals surface area contributed by atoms with Gasteiger partial charge in [-0.2, -0.15) is 0 Å². The summed E-state index contributed by atoms with van der Waals surface area (Å²) in [5.41, 5.74) is 1.36. The highest BCUT2D eigenvalue weighted by atomic mass is 16.6. The normalized spacial score (nSPS) is 16.0. The van der Waals surface area contributed by atoms with Crippen LogP contribution in [0, 0.1) is 10.1 Å². The first-order valence-corrected chi connectivity index (χ1v) is 9.87. The summed E-state index contributed by atoms with van der Waals surface area (Å²) < 4.78 is 0. The molecule has 0 aliphatic carbocycles. The van der Waals surface area contributed by atoms with Gasteiger partial charge in [0, 0.05) is 24.2 Å². The van der Waals surface area contributed by atoms with Gasteiger partial charge in [0.1, 0.15) is 6.04 Å². The van der Waals surface area contributed by atoms with E-state index in [0.717, 1.165) is 16.5 Å². The Hall–Kier alpha value is -3.81. The minimum absolute atomic E-state index is 0.0192. The lowest BCUT2D eigenvalue weighted by atomic mass is 10.0. The van der Waals surface area contributed by atoms with Crippen molar-refractivity contribution < 1.29 is 19.3 Å². The van der Waals surface area contributed by atoms with Crippen molar-refractivity contribution in [1.82, 2.24) is 4.90 Å². The van der Waals surface area contributed by atoms with Gasteiger partial charge in [-0.15, -0.1) is 6.58 Å². The molecule has 1 atom stereocenters. The van der Waals surface area contributed by atoms with Crippen molar-refractivity contribution in [1.29, 1.82) is 0 Å². The Balaban J connectivity index is 1.90. The first-order chi connectivity index (χ1) is 14.7. The Labute approximate surface area is 179 Å². The van der Waals surface area contributed by atoms with Crippen LogP contribution in [0.5, 0.6) is 0 Å². The minimum Gasteiger partial charge on any atom is -0.322 e. The zero-order valence-electron chi connectivity index (χ0n) is 17.4. The fourth-order valence-corrected chi connectivity index (χ4v) is 3.55. The molecule has 2 aromatic rings. The highest BCUT2D eigenvalue weighted by molar-refractivity contribution is 6.23. The number of nitro groups is 1. The molecule has 160 valence electrons. The third-order valence-electron chi connectivity index (χ3n) is 5.21. The molecule has 3 amide bonds. The topological polar surface area (TPSA) is 101 Å². The summed E-state index contributed by atoms with van der Waals surface area (Å²) in [5.74, 6) is -1.19. The van der Waals surface area contributed by atoms with E-state index in [1.807, 2.05) is 26.0 Å². The maximum Gasteiger partial charge on any atom is 0.270 e. The van der Waals surface area contributed by atoms with Crippen LogP contribution in [-0.4, -0.2) is 40.1 Å². The number of non-ortho nitro benzene ring substituents is 1. The van der Waals surface area contributed by atoms with Gasteiger partial charge in [0.15, 0.2) is 0 Å². The van der Waals surface area contributed by atoms with Gasteiger partial charge in [-0.3, -0.25) is 24.5 Å². The van der Waals surface area contributed by atoms with Gasteiger partial charge in [0.25, 0.3) is 17.5 Å². The molecule has 0 spiro atoms. The molecule has 0 radical (unpaired) electrons. The number of carbonyl (C=O) groups is 3. The van der Waals surface area contributed by atoms with Crippen molar-refractivity contribution in [3.05, 3.63) is 82.4 Å². The van der Waals surface area contributed by atoms with E-state index in [1.54, 1.807) is 12.1 Å². The molecule has 8 nitrogen and oxygen atoms in total. The van der Waals surface area contributed by atoms with E-state index >= 15 is 0 Å². The van der Waals surface area contributed by atoms with Crippen LogP contribution in [-0.2, 0) is 9.59 Å². The summed E-state index contributed by atoms with van der Waals surface area (Å²) >= 11 is 0. The quantitative estimate of drug-likeness (QED) is 0.294. The Morgan fingerprint density at radius 2 is 1.94 bits per heavy atom. The van der Waals surface area contributed by atoms with Gasteiger partial charge in [-0.25, -0.2) is 4.90 Å². The molecule has 1 aliphatic heterocycles. The number of hydrogen-bond donors (Lipinski definition) is 0. The van der Waals surface area contributed by atoms with Gasteiger partial charge in [0.05, 0.1) is 17.0 Å². The fourth-order valence-electron chi connectivity index (χ4n) is 3.55. The maximum absolute atomic E-state index is 13.1. The highest BCUT2D eigenvalue weighted by Gasteiger charge is 2.44. The molecule has 0 bridgehead atoms. The van der Waals surface area contributed by atoms with Crippen molar-refractivity contribution in [2.24, 2.45) is 0 Å². The van der Waals surface area contributed by atoms with Gasteiger partial charge in [-0.1, -0.05) is 38.1 Å². The Morgan fingerprint density at radius 3 is 2.52 bits per heavy atom. The monoisotopic (exact) mass is 421 g/mol. The predicted molar refractivity (Wildman–Crippen MR) is 116 cm³/mol. The molecule has 1 unspecified atom stereocenters. The summed E-state index contributed by atoms with van der Waals surface area (Å²) in [6.45, 7) is 7.74. The zero-order valence-corrected chi connectivity index (χ0v) is 17.4. The molecule has 0 aromatic heterocycles. The summed E-state index contributed by atoms with van der Waals surface area (Å²) in [6.07, 6.45) is 1.28. The largest absolute Gasteiger partial charge is 0.322 e. The number of amides is 3. The lowest BCUT2D eigenvalue weighted by molar-refractivity contribution is -0.384. The second-order valence-corrected chi connectivity index (χ2v) is 7.59. The summed E-state index contributed by atoms with van der Waals surface area (Å²) in [7, 11) is 0. The molecule has 31 heavy (non-hydrogen) atoms. The first-order valence-electron chi connectivity index (χ1n) is 9.87. The lowest BCUT2D eigenvalue weighted by Crippen LogP contribution is -2.45. The standard InChI is InChI=1S/C23H23N3O5/c1-4-12-24(22(28)17-6-5-7-19(13-17)26(30)31)20-14-21(27)25(23(20)29)18-10-8-16(9-11-18)15(2)3/h4-11,13,15,20H,1,12,14H2,2-3H3. The average Bonchev–Trinajstić information content (AvgIpc) is 3.05. The van der Waals surface area contributed by atoms with E-state index < -0.39 is 28.7 Å². The van der Waals surface area contributed by atoms with E-state index in [4.69, 9.17) is 0 Å². The van der Waals surface area contributed by atoms with Crippen molar-refractivity contribution in [2.75, 3.05) is 11.4 Å². The van der Waals surface area contributed by atoms with Gasteiger partial charge in [-0.05, 0) is 29.7 Å². The van der Waals surface area contributed by atoms with Crippen LogP contribution < -0.4 is 4.90 Å². The summed E-state index contributed by atoms with van der Waals surface area (Å²) in [5, 5.41) is 11.0. The SMILES string of the molecule is C=CCN(C(=O)c1cccc([N+](=O)[O-])c1)C1CC(=O)N(c2ccc(C(C)C)cc2)C1=O. The van der Waals surface area contributed by atoms with Crippen LogP contribution in [0.2, 0.25) is 0 Å². The third-order valence-corrected chi connectivity index (χ3v) is 5.21. The van der Waals surface area contributed by atoms with Crippen LogP contribution >= 0.6 is 0 Å². The Morgan fingerprint density at radius 1 is 1.26 bits per heavy atom. The van der Waals surface area contributed by atoms with Crippen LogP contribution in [0.3, 0.4) is 0 Å². The van der Waals surface area contributed by atoms with Crippen LogP contribution in [0.1, 0.15) is 42.1 Å². The third kappa shape index (κ3) is 4.37. The van der Waals surface area contributed by atoms with Gasteiger partial charge in [0.2, 0.25) is 5.91 Å². The van der Waals surface area contributed by atoms with Crippen LogP contribution in [0.4, 0.5) is 11.4 Å². The molecule has 0 N–H and O–H groups in total. The van der Waals surface area contributed by atoms with E-state index in [-0.39, 0.29) is 24.2 Å². The molecule has 1 saturated heterocycles. The first kappa shape index (κ1) is 21.9. The molecule has 0 saturated carbocycles. The van der Waals surface area contributed by atoms with E-state index in [0.29, 0.717) is 11.6 Å². The number of carbonyl (C=O) groups excluding carboxylic acids is 3. The molecular formula is C23H23N3O5. The van der Waals surface area contributed by atoms with Crippen molar-refractivity contribution >= 4 is 29.1 Å². The van der Waals surface area contributed by atoms with E-state index in [9.17, 15) is 24.5 Å². The zero-order chi connectivity index (χ0) is 22.7. The molecular weight excluding hydrogens is 398 g/mol. The van der Waals surface area contributed by atoms with Crippen LogP contribution in [0.25, 0.3) is 0 Å². The highest BCUT2D eigenvalue weighted by Crippen LogP contribution is 2.28. The number of benzene rings is 2. The number of nitro benzene ring substituents is 1. The van der Waals surface area contributed by atoms with Gasteiger partial charge < -0.3 is 4.90 Å². The molecule has 2 aromatic carbocycles. The lowest BCUT2D eigenvalue weighted by Gasteiger charge is -2.26. The molecule has 1 heterocycles. The molecule has 1 fully saturated rings. The van der Waals surface area contributed by atoms with Gasteiger partial charge >= 0.3 is 0 Å². The maximum atomic E-state index is 13.1. The Kier molecular flexibility index (Phi) is 6.29. The van der Waals surface area contributed by atoms with Crippen molar-refractivity contribution in [2.45, 2.75) is 32.2 Å². The smallest absolute Gasteiger partial charge is 0.270 e. The number of hydrogen-bond acceptors (Lipinski definition) is 5. The van der Waals surface area contributed by atoms with E-state index in [2.05, 4.69) is 6.58 Å². The number of rotatable bonds is 7. The molecule has 8 heteroatoms. The summed E-state index contributed by atoms with van der Waals surface area (Å²) in [6, 6.07) is 11.4. The van der Waals surface area contributed by atoms with E-state index in [1.165, 1.54) is 29.2 Å². The average molecular weight is 421 g/mol. The fraction of sp³-hybridized carbons (Fsp3) is 0.261. The summed E-state index contributed by atoms with van der Waals surface area (Å²) in [4.78, 5) is 51.7. The molecule has 1 aliphatic rings. The van der Waals surface area contributed by atoms with Crippen LogP contribution in [0.15, 0.2) is 61.2 Å². The number of imide groups is 1. The minimum atomic E-state index is -1.01. The van der Waals surface area contributed by atoms with Crippen molar-refractivity contribution in [3.63, 3.8) is 0 Å². The predicted octanol–water partition coefficient (Wildman–Crippen LogP) is 3.68. The Bertz CT molecular complexity index is 1050. The second-order valence-electron chi connectivity index (χ2n) is 7.59. The number of nitrogens with zero attached hydrogens (tertiary/aromatic N) is 3. The second kappa shape index (κ2) is 8.91.